The summed E-state index contributed by atoms with van der Waals surface area (Å²) in [6.45, 7) is 4.31. The number of benzene rings is 1. The Bertz CT molecular complexity index is 997. The first-order chi connectivity index (χ1) is 19.2. The van der Waals surface area contributed by atoms with Crippen LogP contribution >= 0.6 is 0 Å². The van der Waals surface area contributed by atoms with Crippen LogP contribution in [0.25, 0.3) is 0 Å². The molecule has 0 atom stereocenters. The molecule has 0 bridgehead atoms. The normalized spacial score (nSPS) is 15.9. The maximum Gasteiger partial charge on any atom is 0.251 e. The Kier molecular flexibility index (Phi) is 12.0. The number of anilines is 3. The number of rotatable bonds is 17. The third-order valence-electron chi connectivity index (χ3n) is 7.18. The van der Waals surface area contributed by atoms with Crippen molar-refractivity contribution < 1.29 is 14.3 Å². The quantitative estimate of drug-likeness (QED) is 0.189. The van der Waals surface area contributed by atoms with E-state index < -0.39 is 0 Å². The minimum Gasteiger partial charge on any atom is -0.378 e. The number of nitrogens with two attached hydrogens (primary N) is 1. The van der Waals surface area contributed by atoms with E-state index in [4.69, 9.17) is 15.2 Å². The second-order valence-corrected chi connectivity index (χ2v) is 10.3. The molecule has 1 aromatic carbocycles. The van der Waals surface area contributed by atoms with Gasteiger partial charge in [0.2, 0.25) is 17.8 Å². The lowest BCUT2D eigenvalue weighted by Gasteiger charge is -2.26. The topological polar surface area (TPSA) is 148 Å². The van der Waals surface area contributed by atoms with E-state index in [1.165, 1.54) is 38.5 Å². The predicted octanol–water partition coefficient (Wildman–Crippen LogP) is 3.16. The van der Waals surface area contributed by atoms with Gasteiger partial charge in [-0.1, -0.05) is 31.4 Å². The number of hydrogen-bond acceptors (Lipinski definition) is 10. The number of carbonyl (C=O) groups is 1. The van der Waals surface area contributed by atoms with E-state index in [9.17, 15) is 4.79 Å². The number of hydrogen-bond donors (Lipinski definition) is 5. The molecule has 0 spiro atoms. The summed E-state index contributed by atoms with van der Waals surface area (Å²) in [7, 11) is 0. The van der Waals surface area contributed by atoms with Crippen LogP contribution in [0.3, 0.4) is 0 Å². The van der Waals surface area contributed by atoms with Gasteiger partial charge in [-0.05, 0) is 55.7 Å². The van der Waals surface area contributed by atoms with Crippen molar-refractivity contribution in [3.05, 3.63) is 35.4 Å². The number of nitrogens with zero attached hydrogens (tertiary/aromatic N) is 3. The zero-order valence-electron chi connectivity index (χ0n) is 22.9. The van der Waals surface area contributed by atoms with Gasteiger partial charge >= 0.3 is 0 Å². The van der Waals surface area contributed by atoms with Crippen molar-refractivity contribution in [2.24, 2.45) is 11.7 Å². The van der Waals surface area contributed by atoms with Crippen LogP contribution in [0.4, 0.5) is 17.8 Å². The van der Waals surface area contributed by atoms with Crippen LogP contribution in [0.5, 0.6) is 0 Å². The maximum atomic E-state index is 12.4. The number of nitrogens with one attached hydrogen (secondary N) is 4. The van der Waals surface area contributed by atoms with Gasteiger partial charge in [-0.25, -0.2) is 0 Å². The average molecular weight is 541 g/mol. The van der Waals surface area contributed by atoms with Crippen molar-refractivity contribution in [1.29, 1.82) is 0 Å². The molecule has 2 saturated carbocycles. The number of carbonyl (C=O) groups excluding carboxylic acids is 1. The fourth-order valence-electron chi connectivity index (χ4n) is 4.66. The van der Waals surface area contributed by atoms with Crippen LogP contribution in [0, 0.1) is 5.92 Å². The van der Waals surface area contributed by atoms with Crippen molar-refractivity contribution >= 4 is 23.8 Å². The first-order valence-corrected chi connectivity index (χ1v) is 14.4. The van der Waals surface area contributed by atoms with E-state index in [1.807, 2.05) is 24.3 Å². The van der Waals surface area contributed by atoms with E-state index >= 15 is 0 Å². The first kappa shape index (κ1) is 29.0. The molecule has 2 aliphatic rings. The lowest BCUT2D eigenvalue weighted by molar-refractivity contribution is 0.0511. The van der Waals surface area contributed by atoms with Crippen LogP contribution in [0.2, 0.25) is 0 Å². The molecule has 1 heterocycles. The molecule has 0 aliphatic heterocycles. The Labute approximate surface area is 231 Å². The van der Waals surface area contributed by atoms with E-state index in [1.54, 1.807) is 0 Å². The maximum absolute atomic E-state index is 12.4. The molecule has 4 rings (SSSR count). The van der Waals surface area contributed by atoms with Crippen molar-refractivity contribution in [3.63, 3.8) is 0 Å². The summed E-state index contributed by atoms with van der Waals surface area (Å²) in [6.07, 6.45) is 10.0. The summed E-state index contributed by atoms with van der Waals surface area (Å²) in [5, 5.41) is 13.1. The third-order valence-corrected chi connectivity index (χ3v) is 7.18. The SMILES string of the molecule is NCCOCCOCCNC(=O)c1ccc(CNc2nc(NCC3CCCCC3)nc(NC3CCC3)n2)cc1. The summed E-state index contributed by atoms with van der Waals surface area (Å²) in [4.78, 5) is 26.3. The molecule has 214 valence electrons. The van der Waals surface area contributed by atoms with Crippen LogP contribution in [-0.4, -0.2) is 73.0 Å². The molecule has 0 radical (unpaired) electrons. The number of aromatic nitrogens is 3. The summed E-state index contributed by atoms with van der Waals surface area (Å²) < 4.78 is 10.7. The van der Waals surface area contributed by atoms with Crippen LogP contribution in [0.15, 0.2) is 24.3 Å². The van der Waals surface area contributed by atoms with Gasteiger partial charge in [0.15, 0.2) is 0 Å². The zero-order valence-corrected chi connectivity index (χ0v) is 22.9. The molecular formula is C28H44N8O3. The van der Waals surface area contributed by atoms with Gasteiger partial charge < -0.3 is 36.5 Å². The molecule has 2 fully saturated rings. The molecule has 0 unspecified atom stereocenters. The van der Waals surface area contributed by atoms with Crippen LogP contribution in [-0.2, 0) is 16.0 Å². The second-order valence-electron chi connectivity index (χ2n) is 10.3. The van der Waals surface area contributed by atoms with E-state index in [-0.39, 0.29) is 5.91 Å². The number of ether oxygens (including phenoxy) is 2. The van der Waals surface area contributed by atoms with Crippen molar-refractivity contribution in [2.45, 2.75) is 64.0 Å². The highest BCUT2D eigenvalue weighted by molar-refractivity contribution is 5.94. The fraction of sp³-hybridized carbons (Fsp3) is 0.643. The van der Waals surface area contributed by atoms with Crippen molar-refractivity contribution in [2.75, 3.05) is 62.0 Å². The molecule has 39 heavy (non-hydrogen) atoms. The van der Waals surface area contributed by atoms with Gasteiger partial charge in [-0.3, -0.25) is 4.79 Å². The minimum absolute atomic E-state index is 0.129. The standard InChI is InChI=1S/C28H44N8O3/c29-13-15-38-17-18-39-16-14-30-25(37)23-11-9-22(10-12-23)20-32-27-34-26(31-19-21-5-2-1-3-6-21)35-28(36-27)33-24-7-4-8-24/h9-12,21,24H,1-8,13-20,29H2,(H,30,37)(H3,31,32,33,34,35,36). The Morgan fingerprint density at radius 3 is 2.21 bits per heavy atom. The lowest BCUT2D eigenvalue weighted by atomic mass is 9.89. The lowest BCUT2D eigenvalue weighted by Crippen LogP contribution is -2.28. The average Bonchev–Trinajstić information content (AvgIpc) is 2.95. The van der Waals surface area contributed by atoms with E-state index in [2.05, 4.69) is 36.2 Å². The smallest absolute Gasteiger partial charge is 0.251 e. The fourth-order valence-corrected chi connectivity index (χ4v) is 4.66. The molecular weight excluding hydrogens is 496 g/mol. The first-order valence-electron chi connectivity index (χ1n) is 14.4. The summed E-state index contributed by atoms with van der Waals surface area (Å²) in [6, 6.07) is 7.95. The van der Waals surface area contributed by atoms with Crippen LogP contribution in [0.1, 0.15) is 67.3 Å². The molecule has 11 nitrogen and oxygen atoms in total. The highest BCUT2D eigenvalue weighted by Crippen LogP contribution is 2.25. The summed E-state index contributed by atoms with van der Waals surface area (Å²) >= 11 is 0. The van der Waals surface area contributed by atoms with E-state index in [0.717, 1.165) is 24.9 Å². The Hall–Kier alpha value is -3.02. The predicted molar refractivity (Wildman–Crippen MR) is 153 cm³/mol. The monoisotopic (exact) mass is 540 g/mol. The van der Waals surface area contributed by atoms with Gasteiger partial charge in [0.25, 0.3) is 5.91 Å². The van der Waals surface area contributed by atoms with Gasteiger partial charge in [-0.15, -0.1) is 0 Å². The summed E-state index contributed by atoms with van der Waals surface area (Å²) in [5.41, 5.74) is 7.00. The number of amides is 1. The molecule has 11 heteroatoms. The Balaban J connectivity index is 1.24. The van der Waals surface area contributed by atoms with Gasteiger partial charge in [0.05, 0.1) is 26.4 Å². The molecule has 2 aliphatic carbocycles. The van der Waals surface area contributed by atoms with Gasteiger partial charge in [-0.2, -0.15) is 15.0 Å². The van der Waals surface area contributed by atoms with Crippen molar-refractivity contribution in [1.82, 2.24) is 20.3 Å². The third kappa shape index (κ3) is 10.2. The minimum atomic E-state index is -0.129. The summed E-state index contributed by atoms with van der Waals surface area (Å²) in [5.74, 6) is 2.31. The molecule has 2 aromatic rings. The van der Waals surface area contributed by atoms with Crippen LogP contribution < -0.4 is 27.0 Å². The van der Waals surface area contributed by atoms with Gasteiger partial charge in [0, 0.05) is 37.8 Å². The molecule has 0 saturated heterocycles. The highest BCUT2D eigenvalue weighted by atomic mass is 16.5. The molecule has 1 aromatic heterocycles. The largest absolute Gasteiger partial charge is 0.378 e. The molecule has 1 amide bonds. The van der Waals surface area contributed by atoms with Gasteiger partial charge in [0.1, 0.15) is 0 Å². The Morgan fingerprint density at radius 2 is 1.51 bits per heavy atom. The highest BCUT2D eigenvalue weighted by Gasteiger charge is 2.19. The Morgan fingerprint density at radius 1 is 0.821 bits per heavy atom. The van der Waals surface area contributed by atoms with Crippen molar-refractivity contribution in [3.8, 4) is 0 Å². The molecule has 6 N–H and O–H groups in total. The second kappa shape index (κ2) is 16.2. The van der Waals surface area contributed by atoms with E-state index in [0.29, 0.717) is 81.4 Å². The zero-order chi connectivity index (χ0) is 27.1.